The second kappa shape index (κ2) is 11.6. The fraction of sp³-hybridized carbons (Fsp3) is 0.316. The van der Waals surface area contributed by atoms with E-state index in [1.165, 1.54) is 5.56 Å². The fourth-order valence-electron chi connectivity index (χ4n) is 2.14. The topological polar surface area (TPSA) is 65.9 Å². The van der Waals surface area contributed by atoms with Gasteiger partial charge in [-0.25, -0.2) is 4.99 Å². The molecule has 136 valence electrons. The minimum Gasteiger partial charge on any atom is -0.508 e. The van der Waals surface area contributed by atoms with E-state index >= 15 is 0 Å². The number of aromatic hydroxyl groups is 1. The summed E-state index contributed by atoms with van der Waals surface area (Å²) in [4.78, 5) is 4.51. The number of guanidine groups is 1. The van der Waals surface area contributed by atoms with Gasteiger partial charge in [0.15, 0.2) is 5.96 Å². The van der Waals surface area contributed by atoms with Crippen molar-refractivity contribution in [3.63, 3.8) is 0 Å². The zero-order valence-corrected chi connectivity index (χ0v) is 17.0. The number of nitrogens with zero attached hydrogens (tertiary/aromatic N) is 1. The van der Waals surface area contributed by atoms with Crippen LogP contribution in [0.2, 0.25) is 0 Å². The highest BCUT2D eigenvalue weighted by atomic mass is 127. The molecule has 2 aromatic carbocycles. The lowest BCUT2D eigenvalue weighted by molar-refractivity contribution is 0.322. The average molecular weight is 455 g/mol. The quantitative estimate of drug-likeness (QED) is 0.259. The summed E-state index contributed by atoms with van der Waals surface area (Å²) in [5, 5.41) is 15.9. The van der Waals surface area contributed by atoms with Gasteiger partial charge in [-0.1, -0.05) is 29.8 Å². The van der Waals surface area contributed by atoms with Crippen molar-refractivity contribution in [1.82, 2.24) is 10.6 Å². The molecule has 5 nitrogen and oxygen atoms in total. The number of hydrogen-bond acceptors (Lipinski definition) is 3. The molecule has 0 aliphatic heterocycles. The van der Waals surface area contributed by atoms with Crippen molar-refractivity contribution in [3.8, 4) is 11.5 Å². The van der Waals surface area contributed by atoms with Crippen molar-refractivity contribution < 1.29 is 9.84 Å². The summed E-state index contributed by atoms with van der Waals surface area (Å²) in [5.74, 6) is 1.85. The molecular weight excluding hydrogens is 429 g/mol. The van der Waals surface area contributed by atoms with Gasteiger partial charge in [0.25, 0.3) is 0 Å². The summed E-state index contributed by atoms with van der Waals surface area (Å²) in [7, 11) is 0. The van der Waals surface area contributed by atoms with E-state index in [9.17, 15) is 5.11 Å². The van der Waals surface area contributed by atoms with E-state index in [0.717, 1.165) is 23.8 Å². The highest BCUT2D eigenvalue weighted by Gasteiger charge is 1.99. The molecule has 3 N–H and O–H groups in total. The predicted molar refractivity (Wildman–Crippen MR) is 113 cm³/mol. The highest BCUT2D eigenvalue weighted by molar-refractivity contribution is 14.0. The number of hydrogen-bond donors (Lipinski definition) is 3. The number of halogens is 1. The van der Waals surface area contributed by atoms with E-state index in [4.69, 9.17) is 4.74 Å². The van der Waals surface area contributed by atoms with E-state index in [2.05, 4.69) is 22.5 Å². The maximum atomic E-state index is 9.48. The molecule has 0 heterocycles. The Morgan fingerprint density at radius 1 is 1.12 bits per heavy atom. The second-order valence-electron chi connectivity index (χ2n) is 5.45. The molecule has 0 amide bonds. The number of phenolic OH excluding ortho intramolecular Hbond substituents is 1. The van der Waals surface area contributed by atoms with Crippen molar-refractivity contribution in [3.05, 3.63) is 59.7 Å². The van der Waals surface area contributed by atoms with Crippen molar-refractivity contribution in [1.29, 1.82) is 0 Å². The lowest BCUT2D eigenvalue weighted by atomic mass is 10.2. The zero-order valence-electron chi connectivity index (χ0n) is 14.7. The van der Waals surface area contributed by atoms with Crippen LogP contribution in [0.4, 0.5) is 0 Å². The first-order chi connectivity index (χ1) is 11.7. The molecule has 0 atom stereocenters. The SMILES string of the molecule is CCNC(=NCc1cccc(O)c1)NCCOc1ccc(C)cc1.I. The molecule has 0 aromatic heterocycles. The van der Waals surface area contributed by atoms with Crippen LogP contribution in [-0.2, 0) is 6.54 Å². The first-order valence-electron chi connectivity index (χ1n) is 8.17. The molecule has 0 aliphatic carbocycles. The van der Waals surface area contributed by atoms with Crippen LogP contribution >= 0.6 is 24.0 Å². The number of aliphatic imine (C=N–C) groups is 1. The van der Waals surface area contributed by atoms with Crippen molar-refractivity contribution in [2.24, 2.45) is 4.99 Å². The Balaban J connectivity index is 0.00000312. The van der Waals surface area contributed by atoms with Crippen molar-refractivity contribution >= 4 is 29.9 Å². The molecule has 0 radical (unpaired) electrons. The molecule has 2 aromatic rings. The lowest BCUT2D eigenvalue weighted by Crippen LogP contribution is -2.39. The van der Waals surface area contributed by atoms with E-state index in [-0.39, 0.29) is 29.7 Å². The van der Waals surface area contributed by atoms with Gasteiger partial charge in [0.05, 0.1) is 13.1 Å². The van der Waals surface area contributed by atoms with Crippen molar-refractivity contribution in [2.45, 2.75) is 20.4 Å². The Bertz CT molecular complexity index is 660. The third-order valence-corrected chi connectivity index (χ3v) is 3.36. The highest BCUT2D eigenvalue weighted by Crippen LogP contribution is 2.12. The number of aryl methyl sites for hydroxylation is 1. The third-order valence-electron chi connectivity index (χ3n) is 3.36. The molecule has 0 saturated heterocycles. The van der Waals surface area contributed by atoms with Crippen LogP contribution in [-0.4, -0.2) is 30.8 Å². The number of benzene rings is 2. The number of nitrogens with one attached hydrogen (secondary N) is 2. The summed E-state index contributed by atoms with van der Waals surface area (Å²) in [6.45, 7) is 6.57. The van der Waals surface area contributed by atoms with Crippen LogP contribution in [0, 0.1) is 6.92 Å². The van der Waals surface area contributed by atoms with Crippen molar-refractivity contribution in [2.75, 3.05) is 19.7 Å². The van der Waals surface area contributed by atoms with Crippen LogP contribution in [0.3, 0.4) is 0 Å². The summed E-state index contributed by atoms with van der Waals surface area (Å²) in [6, 6.07) is 15.1. The summed E-state index contributed by atoms with van der Waals surface area (Å²) < 4.78 is 5.69. The Kier molecular flexibility index (Phi) is 9.76. The standard InChI is InChI=1S/C19H25N3O2.HI/c1-3-20-19(22-14-16-5-4-6-17(23)13-16)21-11-12-24-18-9-7-15(2)8-10-18;/h4-10,13,23H,3,11-12,14H2,1-2H3,(H2,20,21,22);1H. The maximum absolute atomic E-state index is 9.48. The van der Waals surface area contributed by atoms with Gasteiger partial charge >= 0.3 is 0 Å². The monoisotopic (exact) mass is 455 g/mol. The van der Waals surface area contributed by atoms with E-state index in [1.807, 2.05) is 43.3 Å². The van der Waals surface area contributed by atoms with Crippen LogP contribution in [0.15, 0.2) is 53.5 Å². The first-order valence-corrected chi connectivity index (χ1v) is 8.17. The number of phenols is 1. The Hall–Kier alpha value is -1.96. The van der Waals surface area contributed by atoms with E-state index in [0.29, 0.717) is 19.7 Å². The average Bonchev–Trinajstić information content (AvgIpc) is 2.58. The Morgan fingerprint density at radius 3 is 2.56 bits per heavy atom. The molecule has 0 fully saturated rings. The van der Waals surface area contributed by atoms with Gasteiger partial charge in [-0.2, -0.15) is 0 Å². The van der Waals surface area contributed by atoms with E-state index < -0.39 is 0 Å². The van der Waals surface area contributed by atoms with Crippen LogP contribution in [0.1, 0.15) is 18.1 Å². The van der Waals surface area contributed by atoms with Crippen LogP contribution in [0.25, 0.3) is 0 Å². The lowest BCUT2D eigenvalue weighted by Gasteiger charge is -2.12. The molecule has 6 heteroatoms. The molecule has 0 saturated carbocycles. The first kappa shape index (κ1) is 21.1. The molecular formula is C19H26IN3O2. The van der Waals surface area contributed by atoms with Gasteiger partial charge in [-0.3, -0.25) is 0 Å². The molecule has 0 unspecified atom stereocenters. The summed E-state index contributed by atoms with van der Waals surface area (Å²) >= 11 is 0. The molecule has 0 bridgehead atoms. The molecule has 0 spiro atoms. The van der Waals surface area contributed by atoms with Gasteiger partial charge in [0.2, 0.25) is 0 Å². The Morgan fingerprint density at radius 2 is 1.88 bits per heavy atom. The Labute approximate surface area is 166 Å². The maximum Gasteiger partial charge on any atom is 0.191 e. The van der Waals surface area contributed by atoms with Crippen LogP contribution in [0.5, 0.6) is 11.5 Å². The number of rotatable bonds is 7. The summed E-state index contributed by atoms with van der Waals surface area (Å²) in [6.07, 6.45) is 0. The third kappa shape index (κ3) is 8.11. The minimum absolute atomic E-state index is 0. The van der Waals surface area contributed by atoms with Gasteiger partial charge in [0, 0.05) is 6.54 Å². The fourth-order valence-corrected chi connectivity index (χ4v) is 2.14. The second-order valence-corrected chi connectivity index (χ2v) is 5.45. The van der Waals surface area contributed by atoms with Gasteiger partial charge in [-0.15, -0.1) is 24.0 Å². The zero-order chi connectivity index (χ0) is 17.2. The van der Waals surface area contributed by atoms with Gasteiger partial charge in [-0.05, 0) is 43.7 Å². The van der Waals surface area contributed by atoms with Crippen LogP contribution < -0.4 is 15.4 Å². The molecule has 25 heavy (non-hydrogen) atoms. The molecule has 0 aliphatic rings. The van der Waals surface area contributed by atoms with Gasteiger partial charge < -0.3 is 20.5 Å². The predicted octanol–water partition coefficient (Wildman–Crippen LogP) is 3.45. The molecule has 2 rings (SSSR count). The number of ether oxygens (including phenoxy) is 1. The minimum atomic E-state index is 0. The van der Waals surface area contributed by atoms with E-state index in [1.54, 1.807) is 12.1 Å². The normalized spacial score (nSPS) is 10.7. The summed E-state index contributed by atoms with van der Waals surface area (Å²) in [5.41, 5.74) is 2.18. The largest absolute Gasteiger partial charge is 0.508 e. The smallest absolute Gasteiger partial charge is 0.191 e. The van der Waals surface area contributed by atoms with Gasteiger partial charge in [0.1, 0.15) is 18.1 Å².